The van der Waals surface area contributed by atoms with E-state index in [1.807, 2.05) is 0 Å². The van der Waals surface area contributed by atoms with Crippen molar-refractivity contribution in [1.29, 1.82) is 0 Å². The molecule has 0 aromatic heterocycles. The topological polar surface area (TPSA) is 3.24 Å². The maximum atomic E-state index is 2.50. The summed E-state index contributed by atoms with van der Waals surface area (Å²) in [6, 6.07) is 0. The third-order valence-electron chi connectivity index (χ3n) is 4.76. The van der Waals surface area contributed by atoms with Gasteiger partial charge in [0.2, 0.25) is 0 Å². The van der Waals surface area contributed by atoms with Gasteiger partial charge in [0.25, 0.3) is 0 Å². The molecule has 0 fully saturated rings. The summed E-state index contributed by atoms with van der Waals surface area (Å²) in [5.74, 6) is 1.42. The Morgan fingerprint density at radius 2 is 1.57 bits per heavy atom. The molecule has 0 N–H and O–H groups in total. The van der Waals surface area contributed by atoms with Crippen molar-refractivity contribution >= 4 is 24.8 Å². The molecule has 0 aliphatic heterocycles. The van der Waals surface area contributed by atoms with Gasteiger partial charge < -0.3 is 0 Å². The molecule has 0 amide bonds. The first kappa shape index (κ1) is 26.0. The van der Waals surface area contributed by atoms with Crippen LogP contribution in [0.15, 0.2) is 23.3 Å². The van der Waals surface area contributed by atoms with Gasteiger partial charge >= 0.3 is 145 Å². The molecule has 3 atom stereocenters. The summed E-state index contributed by atoms with van der Waals surface area (Å²) >= 11 is 2.46. The standard InChI is InChI=1S/C19H34N.2ClH.Ti/c1-7-9-15(3)18-12-11-17(13-14-20(5)6)19(18)16(4)10-8-2;;;/h11-12,15-16H,7-10,13-14H2,1-6H3;2*1H;. The molecule has 4 heteroatoms. The average Bonchev–Trinajstić information content (AvgIpc) is 2.75. The van der Waals surface area contributed by atoms with E-state index >= 15 is 0 Å². The largest absolute Gasteiger partial charge is 0.147 e. The van der Waals surface area contributed by atoms with Gasteiger partial charge in [0.15, 0.2) is 0 Å². The summed E-state index contributed by atoms with van der Waals surface area (Å²) in [7, 11) is 4.36. The maximum absolute atomic E-state index is 2.50. The van der Waals surface area contributed by atoms with Crippen molar-refractivity contribution < 1.29 is 20.4 Å². The molecule has 0 heterocycles. The normalized spacial score (nSPS) is 22.7. The predicted octanol–water partition coefficient (Wildman–Crippen LogP) is 6.23. The summed E-state index contributed by atoms with van der Waals surface area (Å²) < 4.78 is 0.274. The third-order valence-corrected chi connectivity index (χ3v) is 5.83. The van der Waals surface area contributed by atoms with E-state index in [-0.39, 0.29) is 28.5 Å². The Morgan fingerprint density at radius 3 is 2.04 bits per heavy atom. The van der Waals surface area contributed by atoms with Gasteiger partial charge in [-0.05, 0) is 0 Å². The monoisotopic (exact) mass is 396 g/mol. The number of halogens is 2. The van der Waals surface area contributed by atoms with Crippen LogP contribution in [0.3, 0.4) is 0 Å². The maximum Gasteiger partial charge on any atom is -0.147 e. The minimum atomic E-state index is 0. The van der Waals surface area contributed by atoms with Crippen LogP contribution in [-0.4, -0.2) is 25.5 Å². The third kappa shape index (κ3) is 7.24. The molecule has 0 saturated heterocycles. The van der Waals surface area contributed by atoms with Gasteiger partial charge in [-0.2, -0.15) is 0 Å². The van der Waals surface area contributed by atoms with E-state index in [9.17, 15) is 0 Å². The van der Waals surface area contributed by atoms with Gasteiger partial charge in [0.05, 0.1) is 0 Å². The van der Waals surface area contributed by atoms with E-state index in [1.54, 1.807) is 11.1 Å². The first-order valence-electron chi connectivity index (χ1n) is 8.69. The molecule has 0 aromatic carbocycles. The van der Waals surface area contributed by atoms with Crippen LogP contribution in [0.4, 0.5) is 0 Å². The first-order chi connectivity index (χ1) is 9.85. The van der Waals surface area contributed by atoms with Crippen molar-refractivity contribution in [2.45, 2.75) is 63.5 Å². The molecule has 0 radical (unpaired) electrons. The van der Waals surface area contributed by atoms with Gasteiger partial charge in [0.1, 0.15) is 0 Å². The zero-order chi connectivity index (χ0) is 16.0. The summed E-state index contributed by atoms with van der Waals surface area (Å²) in [5.41, 5.74) is 3.39. The summed E-state index contributed by atoms with van der Waals surface area (Å²) in [6.07, 6.45) is 11.4. The summed E-state index contributed by atoms with van der Waals surface area (Å²) in [5, 5.41) is 0. The Balaban J connectivity index is 0. The fourth-order valence-corrected chi connectivity index (χ4v) is 4.52. The van der Waals surface area contributed by atoms with Crippen LogP contribution >= 0.6 is 24.8 Å². The molecule has 0 saturated carbocycles. The molecule has 1 aliphatic rings. The number of nitrogens with zero attached hydrogens (tertiary/aromatic N) is 1. The molecule has 1 rings (SSSR count). The van der Waals surface area contributed by atoms with Crippen LogP contribution in [0.1, 0.15) is 59.8 Å². The Kier molecular flexibility index (Phi) is 13.7. The van der Waals surface area contributed by atoms with E-state index < -0.39 is 0 Å². The second-order valence-electron chi connectivity index (χ2n) is 7.11. The Hall–Kier alpha value is 0.734. The zero-order valence-corrected chi connectivity index (χ0v) is 19.0. The second kappa shape index (κ2) is 12.1. The van der Waals surface area contributed by atoms with Crippen molar-refractivity contribution in [2.24, 2.45) is 11.8 Å². The molecule has 1 nitrogen and oxygen atoms in total. The number of hydrogen-bond acceptors (Lipinski definition) is 1. The Morgan fingerprint density at radius 1 is 1.04 bits per heavy atom. The van der Waals surface area contributed by atoms with Crippen LogP contribution in [0, 0.1) is 11.8 Å². The van der Waals surface area contributed by atoms with Crippen LogP contribution in [0.25, 0.3) is 0 Å². The molecule has 3 unspecified atom stereocenters. The van der Waals surface area contributed by atoms with Crippen LogP contribution in [0.5, 0.6) is 0 Å². The molecule has 0 spiro atoms. The number of allylic oxidation sites excluding steroid dienone is 4. The van der Waals surface area contributed by atoms with E-state index in [0.29, 0.717) is 11.8 Å². The second-order valence-corrected chi connectivity index (χ2v) is 8.50. The molecule has 135 valence electrons. The molecule has 23 heavy (non-hydrogen) atoms. The van der Waals surface area contributed by atoms with Gasteiger partial charge in [-0.1, -0.05) is 0 Å². The molecule has 0 aromatic rings. The van der Waals surface area contributed by atoms with Crippen molar-refractivity contribution in [1.82, 2.24) is 4.90 Å². The van der Waals surface area contributed by atoms with E-state index in [2.05, 4.69) is 79.3 Å². The number of rotatable bonds is 9. The molecule has 0 bridgehead atoms. The first-order valence-corrected chi connectivity index (χ1v) is 9.47. The summed E-state index contributed by atoms with van der Waals surface area (Å²) in [4.78, 5) is 2.31. The van der Waals surface area contributed by atoms with Crippen molar-refractivity contribution in [3.8, 4) is 0 Å². The van der Waals surface area contributed by atoms with Gasteiger partial charge in [0, 0.05) is 0 Å². The zero-order valence-electron chi connectivity index (χ0n) is 15.8. The van der Waals surface area contributed by atoms with Crippen molar-refractivity contribution in [3.63, 3.8) is 0 Å². The van der Waals surface area contributed by atoms with Crippen molar-refractivity contribution in [2.75, 3.05) is 20.6 Å². The predicted molar refractivity (Wildman–Crippen MR) is 105 cm³/mol. The Bertz CT molecular complexity index is 393. The molecular weight excluding hydrogens is 361 g/mol. The summed E-state index contributed by atoms with van der Waals surface area (Å²) in [6.45, 7) is 10.6. The quantitative estimate of drug-likeness (QED) is 0.417. The smallest absolute Gasteiger partial charge is 0.147 e. The average molecular weight is 397 g/mol. The van der Waals surface area contributed by atoms with Gasteiger partial charge in [-0.15, -0.1) is 24.8 Å². The Labute approximate surface area is 169 Å². The molecule has 1 aliphatic carbocycles. The van der Waals surface area contributed by atoms with Crippen LogP contribution in [0.2, 0.25) is 3.72 Å². The van der Waals surface area contributed by atoms with Crippen molar-refractivity contribution in [3.05, 3.63) is 23.3 Å². The van der Waals surface area contributed by atoms with Gasteiger partial charge in [-0.25, -0.2) is 0 Å². The van der Waals surface area contributed by atoms with Gasteiger partial charge in [-0.3, -0.25) is 0 Å². The minimum Gasteiger partial charge on any atom is -0.147 e. The van der Waals surface area contributed by atoms with E-state index in [1.165, 1.54) is 38.6 Å². The van der Waals surface area contributed by atoms with Crippen LogP contribution < -0.4 is 0 Å². The minimum absolute atomic E-state index is 0. The molecular formula is C19H36Cl2NTi. The van der Waals surface area contributed by atoms with E-state index in [4.69, 9.17) is 0 Å². The van der Waals surface area contributed by atoms with Crippen LogP contribution in [-0.2, 0) is 20.4 Å². The fraction of sp³-hybridized carbons (Fsp3) is 0.789. The number of hydrogen-bond donors (Lipinski definition) is 0. The SMILES string of the molecule is CCCC(C)C1=C(C(C)CCC)[C]([Ti])(CCN(C)C)C=C1.Cl.Cl. The fourth-order valence-electron chi connectivity index (χ4n) is 3.61. The van der Waals surface area contributed by atoms with E-state index in [0.717, 1.165) is 0 Å².